The number of hydrogen-bond acceptors (Lipinski definition) is 4. The Morgan fingerprint density at radius 3 is 2.57 bits per heavy atom. The average Bonchev–Trinajstić information content (AvgIpc) is 3.04. The molecule has 0 atom stereocenters. The topological polar surface area (TPSA) is 83.6 Å². The van der Waals surface area contributed by atoms with E-state index in [9.17, 15) is 4.79 Å². The Hall–Kier alpha value is -2.73. The maximum Gasteiger partial charge on any atom is 0.228 e. The molecule has 0 aliphatic rings. The van der Waals surface area contributed by atoms with E-state index < -0.39 is 0 Å². The number of H-pyrrole nitrogens is 1. The van der Waals surface area contributed by atoms with Crippen LogP contribution in [0.4, 0.5) is 5.95 Å². The number of hydrogen-bond donors (Lipinski definition) is 2. The molecule has 3 aromatic rings. The van der Waals surface area contributed by atoms with Crippen LogP contribution in [-0.2, 0) is 11.2 Å². The zero-order chi connectivity index (χ0) is 16.1. The molecule has 0 unspecified atom stereocenters. The van der Waals surface area contributed by atoms with E-state index in [1.807, 2.05) is 36.4 Å². The molecule has 0 bridgehead atoms. The standard InChI is InChI=1S/C16H14ClN5O/c17-13-4-1-11(2-5-13)3-6-14(23)19-16-20-15(21-22-16)12-7-9-18-10-8-12/h1-2,4-5,7-10H,3,6H2,(H2,19,20,21,22,23). The normalized spacial score (nSPS) is 10.5. The number of aromatic amines is 1. The van der Waals surface area contributed by atoms with Crippen molar-refractivity contribution in [3.05, 3.63) is 59.4 Å². The molecule has 0 fully saturated rings. The van der Waals surface area contributed by atoms with E-state index in [-0.39, 0.29) is 5.91 Å². The van der Waals surface area contributed by atoms with Gasteiger partial charge < -0.3 is 4.98 Å². The number of benzene rings is 1. The lowest BCUT2D eigenvalue weighted by Crippen LogP contribution is -2.13. The molecule has 0 saturated carbocycles. The fraction of sp³-hybridized carbons (Fsp3) is 0.125. The van der Waals surface area contributed by atoms with Gasteiger partial charge in [-0.15, -0.1) is 10.2 Å². The summed E-state index contributed by atoms with van der Waals surface area (Å²) in [7, 11) is 0. The zero-order valence-electron chi connectivity index (χ0n) is 12.2. The van der Waals surface area contributed by atoms with Gasteiger partial charge in [0.15, 0.2) is 5.82 Å². The van der Waals surface area contributed by atoms with Gasteiger partial charge in [0, 0.05) is 29.4 Å². The number of nitrogens with one attached hydrogen (secondary N) is 2. The lowest BCUT2D eigenvalue weighted by molar-refractivity contribution is -0.116. The highest BCUT2D eigenvalue weighted by atomic mass is 35.5. The van der Waals surface area contributed by atoms with Crippen molar-refractivity contribution >= 4 is 23.5 Å². The minimum absolute atomic E-state index is 0.127. The molecule has 23 heavy (non-hydrogen) atoms. The Morgan fingerprint density at radius 2 is 1.83 bits per heavy atom. The molecule has 0 spiro atoms. The van der Waals surface area contributed by atoms with Crippen molar-refractivity contribution in [3.8, 4) is 11.4 Å². The van der Waals surface area contributed by atoms with Gasteiger partial charge in [0.25, 0.3) is 0 Å². The third-order valence-electron chi connectivity index (χ3n) is 3.25. The van der Waals surface area contributed by atoms with Gasteiger partial charge in [-0.25, -0.2) is 0 Å². The van der Waals surface area contributed by atoms with Crippen LogP contribution >= 0.6 is 11.6 Å². The number of amides is 1. The Morgan fingerprint density at radius 1 is 1.09 bits per heavy atom. The summed E-state index contributed by atoms with van der Waals surface area (Å²) in [6.07, 6.45) is 4.33. The van der Waals surface area contributed by atoms with E-state index in [2.05, 4.69) is 25.5 Å². The number of rotatable bonds is 5. The van der Waals surface area contributed by atoms with Gasteiger partial charge in [0.2, 0.25) is 11.9 Å². The molecule has 0 saturated heterocycles. The lowest BCUT2D eigenvalue weighted by atomic mass is 10.1. The molecule has 1 amide bonds. The van der Waals surface area contributed by atoms with Crippen molar-refractivity contribution in [2.45, 2.75) is 12.8 Å². The minimum Gasteiger partial charge on any atom is -0.307 e. The van der Waals surface area contributed by atoms with Crippen molar-refractivity contribution in [2.75, 3.05) is 5.32 Å². The van der Waals surface area contributed by atoms with Crippen LogP contribution in [0.1, 0.15) is 12.0 Å². The van der Waals surface area contributed by atoms with Gasteiger partial charge >= 0.3 is 0 Å². The quantitative estimate of drug-likeness (QED) is 0.754. The number of carbonyl (C=O) groups excluding carboxylic acids is 1. The van der Waals surface area contributed by atoms with Crippen LogP contribution < -0.4 is 5.32 Å². The highest BCUT2D eigenvalue weighted by Crippen LogP contribution is 2.15. The van der Waals surface area contributed by atoms with Crippen LogP contribution in [0.25, 0.3) is 11.4 Å². The van der Waals surface area contributed by atoms with E-state index in [0.29, 0.717) is 29.6 Å². The average molecular weight is 328 g/mol. The second-order valence-corrected chi connectivity index (χ2v) is 5.37. The van der Waals surface area contributed by atoms with Crippen LogP contribution in [0.5, 0.6) is 0 Å². The highest BCUT2D eigenvalue weighted by molar-refractivity contribution is 6.30. The molecule has 0 aliphatic carbocycles. The Labute approximate surface area is 137 Å². The molecule has 6 nitrogen and oxygen atoms in total. The molecule has 116 valence electrons. The summed E-state index contributed by atoms with van der Waals surface area (Å²) in [5, 5.41) is 11.3. The fourth-order valence-corrected chi connectivity index (χ4v) is 2.19. The maximum absolute atomic E-state index is 12.0. The van der Waals surface area contributed by atoms with Crippen molar-refractivity contribution in [1.29, 1.82) is 0 Å². The largest absolute Gasteiger partial charge is 0.307 e. The maximum atomic E-state index is 12.0. The predicted molar refractivity (Wildman–Crippen MR) is 88.0 cm³/mol. The van der Waals surface area contributed by atoms with Crippen molar-refractivity contribution in [3.63, 3.8) is 0 Å². The van der Waals surface area contributed by atoms with Crippen LogP contribution in [0.2, 0.25) is 5.02 Å². The first-order chi connectivity index (χ1) is 11.2. The van der Waals surface area contributed by atoms with Crippen molar-refractivity contribution in [2.24, 2.45) is 0 Å². The second kappa shape index (κ2) is 7.02. The molecule has 7 heteroatoms. The predicted octanol–water partition coefficient (Wildman–Crippen LogP) is 3.09. The summed E-state index contributed by atoms with van der Waals surface area (Å²) in [6.45, 7) is 0. The molecule has 2 N–H and O–H groups in total. The summed E-state index contributed by atoms with van der Waals surface area (Å²) < 4.78 is 0. The molecule has 0 aliphatic heterocycles. The number of pyridine rings is 1. The van der Waals surface area contributed by atoms with Crippen LogP contribution in [0, 0.1) is 0 Å². The van der Waals surface area contributed by atoms with Gasteiger partial charge in [-0.05, 0) is 36.2 Å². The smallest absolute Gasteiger partial charge is 0.228 e. The molecule has 3 rings (SSSR count). The van der Waals surface area contributed by atoms with E-state index in [0.717, 1.165) is 11.1 Å². The monoisotopic (exact) mass is 327 g/mol. The number of anilines is 1. The molecule has 1 aromatic carbocycles. The van der Waals surface area contributed by atoms with E-state index >= 15 is 0 Å². The highest BCUT2D eigenvalue weighted by Gasteiger charge is 2.08. The lowest BCUT2D eigenvalue weighted by Gasteiger charge is -2.02. The number of halogens is 1. The first-order valence-corrected chi connectivity index (χ1v) is 7.46. The Balaban J connectivity index is 1.56. The van der Waals surface area contributed by atoms with E-state index in [1.165, 1.54) is 0 Å². The first kappa shape index (κ1) is 15.2. The first-order valence-electron chi connectivity index (χ1n) is 7.08. The van der Waals surface area contributed by atoms with Crippen LogP contribution in [-0.4, -0.2) is 26.1 Å². The third kappa shape index (κ3) is 4.14. The van der Waals surface area contributed by atoms with E-state index in [4.69, 9.17) is 11.6 Å². The number of aromatic nitrogens is 4. The van der Waals surface area contributed by atoms with E-state index in [1.54, 1.807) is 12.4 Å². The molecule has 2 heterocycles. The van der Waals surface area contributed by atoms with Crippen molar-refractivity contribution in [1.82, 2.24) is 20.2 Å². The van der Waals surface area contributed by atoms with Gasteiger partial charge in [-0.2, -0.15) is 0 Å². The van der Waals surface area contributed by atoms with Crippen LogP contribution in [0.15, 0.2) is 48.8 Å². The molecular weight excluding hydrogens is 314 g/mol. The van der Waals surface area contributed by atoms with Crippen LogP contribution in [0.3, 0.4) is 0 Å². The Kier molecular flexibility index (Phi) is 4.63. The zero-order valence-corrected chi connectivity index (χ0v) is 12.9. The van der Waals surface area contributed by atoms with Gasteiger partial charge in [-0.3, -0.25) is 15.1 Å². The number of nitrogens with zero attached hydrogens (tertiary/aromatic N) is 3. The summed E-state index contributed by atoms with van der Waals surface area (Å²) >= 11 is 5.83. The van der Waals surface area contributed by atoms with Gasteiger partial charge in [0.05, 0.1) is 0 Å². The summed E-state index contributed by atoms with van der Waals surface area (Å²) in [5.74, 6) is 0.788. The summed E-state index contributed by atoms with van der Waals surface area (Å²) in [4.78, 5) is 18.9. The number of carbonyl (C=O) groups is 1. The minimum atomic E-state index is -0.127. The number of aryl methyl sites for hydroxylation is 1. The second-order valence-electron chi connectivity index (χ2n) is 4.93. The molecular formula is C16H14ClN5O. The SMILES string of the molecule is O=C(CCc1ccc(Cl)cc1)Nc1nnc(-c2ccncc2)[nH]1. The fourth-order valence-electron chi connectivity index (χ4n) is 2.06. The Bertz CT molecular complexity index is 786. The van der Waals surface area contributed by atoms with Gasteiger partial charge in [0.1, 0.15) is 0 Å². The summed E-state index contributed by atoms with van der Waals surface area (Å²) in [6, 6.07) is 11.1. The van der Waals surface area contributed by atoms with Gasteiger partial charge in [-0.1, -0.05) is 23.7 Å². The van der Waals surface area contributed by atoms with Crippen molar-refractivity contribution < 1.29 is 4.79 Å². The third-order valence-corrected chi connectivity index (χ3v) is 3.50. The molecule has 2 aromatic heterocycles. The summed E-state index contributed by atoms with van der Waals surface area (Å²) in [5.41, 5.74) is 1.91. The molecule has 0 radical (unpaired) electrons.